The molecule has 0 radical (unpaired) electrons. The molecule has 6 heteroatoms. The average molecular weight is 269 g/mol. The van der Waals surface area contributed by atoms with Crippen LogP contribution in [0.5, 0.6) is 0 Å². The van der Waals surface area contributed by atoms with E-state index >= 15 is 0 Å². The van der Waals surface area contributed by atoms with Gasteiger partial charge in [0.15, 0.2) is 0 Å². The molecule has 0 spiro atoms. The molecule has 100 valence electrons. The highest BCUT2D eigenvalue weighted by molar-refractivity contribution is 7.92. The summed E-state index contributed by atoms with van der Waals surface area (Å²) in [5.74, 6) is 0.0862. The van der Waals surface area contributed by atoms with Crippen molar-refractivity contribution in [3.8, 4) is 0 Å². The fourth-order valence-electron chi connectivity index (χ4n) is 1.98. The minimum Gasteiger partial charge on any atom is -0.367 e. The van der Waals surface area contributed by atoms with Gasteiger partial charge in [-0.25, -0.2) is 8.42 Å². The van der Waals surface area contributed by atoms with Gasteiger partial charge in [0, 0.05) is 26.2 Å². The van der Waals surface area contributed by atoms with Crippen LogP contribution < -0.4 is 14.9 Å². The van der Waals surface area contributed by atoms with Gasteiger partial charge in [-0.3, -0.25) is 4.72 Å². The van der Waals surface area contributed by atoms with Crippen molar-refractivity contribution in [2.45, 2.75) is 6.92 Å². The summed E-state index contributed by atoms with van der Waals surface area (Å²) in [5.41, 5.74) is 1.62. The third-order valence-corrected chi connectivity index (χ3v) is 4.30. The Morgan fingerprint density at radius 1 is 1.28 bits per heavy atom. The van der Waals surface area contributed by atoms with Crippen LogP contribution in [0.3, 0.4) is 0 Å². The maximum absolute atomic E-state index is 11.7. The van der Waals surface area contributed by atoms with Crippen molar-refractivity contribution in [1.82, 2.24) is 5.32 Å². The molecule has 5 nitrogen and oxygen atoms in total. The molecular weight excluding hydrogens is 250 g/mol. The second-order valence-electron chi connectivity index (χ2n) is 4.26. The maximum Gasteiger partial charge on any atom is 0.232 e. The van der Waals surface area contributed by atoms with Crippen LogP contribution in [-0.2, 0) is 10.0 Å². The quantitative estimate of drug-likeness (QED) is 0.851. The Balaban J connectivity index is 2.25. The third kappa shape index (κ3) is 3.14. The van der Waals surface area contributed by atoms with Crippen molar-refractivity contribution in [1.29, 1.82) is 0 Å². The average Bonchev–Trinajstić information content (AvgIpc) is 2.40. The molecular formula is C12H19N3O2S. The topological polar surface area (TPSA) is 61.4 Å². The summed E-state index contributed by atoms with van der Waals surface area (Å²) in [7, 11) is -3.23. The lowest BCUT2D eigenvalue weighted by Gasteiger charge is -2.31. The van der Waals surface area contributed by atoms with Gasteiger partial charge in [-0.15, -0.1) is 0 Å². The fraction of sp³-hybridized carbons (Fsp3) is 0.500. The van der Waals surface area contributed by atoms with Crippen LogP contribution in [-0.4, -0.2) is 40.3 Å². The molecule has 0 unspecified atom stereocenters. The zero-order valence-corrected chi connectivity index (χ0v) is 11.3. The summed E-state index contributed by atoms with van der Waals surface area (Å²) in [6, 6.07) is 7.55. The minimum atomic E-state index is -3.23. The highest BCUT2D eigenvalue weighted by Crippen LogP contribution is 2.26. The molecule has 1 saturated heterocycles. The Hall–Kier alpha value is -1.27. The van der Waals surface area contributed by atoms with E-state index in [2.05, 4.69) is 14.9 Å². The number of hydrogen-bond acceptors (Lipinski definition) is 4. The van der Waals surface area contributed by atoms with Crippen molar-refractivity contribution >= 4 is 21.4 Å². The first kappa shape index (κ1) is 13.2. The van der Waals surface area contributed by atoms with Crippen molar-refractivity contribution in [2.24, 2.45) is 0 Å². The lowest BCUT2D eigenvalue weighted by atomic mass is 10.2. The van der Waals surface area contributed by atoms with Crippen LogP contribution in [0.15, 0.2) is 24.3 Å². The number of para-hydroxylation sites is 2. The lowest BCUT2D eigenvalue weighted by Crippen LogP contribution is -2.43. The van der Waals surface area contributed by atoms with Gasteiger partial charge in [0.1, 0.15) is 0 Å². The molecule has 0 amide bonds. The van der Waals surface area contributed by atoms with Gasteiger partial charge >= 0.3 is 0 Å². The molecule has 1 aliphatic heterocycles. The fourth-order valence-corrected chi connectivity index (χ4v) is 2.63. The molecule has 0 atom stereocenters. The minimum absolute atomic E-state index is 0.0862. The standard InChI is InChI=1S/C12H19N3O2S/c1-2-18(16,17)14-11-5-3-4-6-12(11)15-9-7-13-8-10-15/h3-6,13-14H,2,7-10H2,1H3. The normalized spacial score (nSPS) is 16.6. The SMILES string of the molecule is CCS(=O)(=O)Nc1ccccc1N1CCNCC1. The Bertz CT molecular complexity index is 496. The number of anilines is 2. The first-order valence-corrected chi connectivity index (χ1v) is 7.83. The predicted molar refractivity (Wildman–Crippen MR) is 74.6 cm³/mol. The Labute approximate surface area is 108 Å². The number of sulfonamides is 1. The van der Waals surface area contributed by atoms with Crippen LogP contribution in [0.2, 0.25) is 0 Å². The zero-order valence-electron chi connectivity index (χ0n) is 10.5. The summed E-state index contributed by atoms with van der Waals surface area (Å²) < 4.78 is 26.0. The van der Waals surface area contributed by atoms with Gasteiger partial charge in [-0.05, 0) is 19.1 Å². The molecule has 18 heavy (non-hydrogen) atoms. The highest BCUT2D eigenvalue weighted by atomic mass is 32.2. The number of rotatable bonds is 4. The van der Waals surface area contributed by atoms with Crippen LogP contribution in [0.25, 0.3) is 0 Å². The number of hydrogen-bond donors (Lipinski definition) is 2. The van der Waals surface area contributed by atoms with E-state index in [1.807, 2.05) is 24.3 Å². The summed E-state index contributed by atoms with van der Waals surface area (Å²) in [4.78, 5) is 2.20. The molecule has 1 aromatic carbocycles. The molecule has 0 bridgehead atoms. The molecule has 0 aliphatic carbocycles. The van der Waals surface area contributed by atoms with E-state index in [1.54, 1.807) is 6.92 Å². The van der Waals surface area contributed by atoms with Crippen molar-refractivity contribution in [2.75, 3.05) is 41.6 Å². The number of nitrogens with zero attached hydrogens (tertiary/aromatic N) is 1. The van der Waals surface area contributed by atoms with Crippen LogP contribution in [0.4, 0.5) is 11.4 Å². The van der Waals surface area contributed by atoms with E-state index in [1.165, 1.54) is 0 Å². The Morgan fingerprint density at radius 3 is 2.61 bits per heavy atom. The van der Waals surface area contributed by atoms with E-state index in [0.717, 1.165) is 31.9 Å². The molecule has 0 aromatic heterocycles. The van der Waals surface area contributed by atoms with Gasteiger partial charge in [0.25, 0.3) is 0 Å². The van der Waals surface area contributed by atoms with Crippen molar-refractivity contribution in [3.05, 3.63) is 24.3 Å². The molecule has 2 N–H and O–H groups in total. The number of benzene rings is 1. The second kappa shape index (κ2) is 5.58. The van der Waals surface area contributed by atoms with Crippen molar-refractivity contribution < 1.29 is 8.42 Å². The molecule has 1 heterocycles. The third-order valence-electron chi connectivity index (χ3n) is 3.01. The molecule has 1 fully saturated rings. The molecule has 0 saturated carbocycles. The first-order valence-electron chi connectivity index (χ1n) is 6.17. The molecule has 1 aliphatic rings. The van der Waals surface area contributed by atoms with Gasteiger partial charge < -0.3 is 10.2 Å². The predicted octanol–water partition coefficient (Wildman–Crippen LogP) is 0.858. The smallest absolute Gasteiger partial charge is 0.232 e. The Morgan fingerprint density at radius 2 is 1.94 bits per heavy atom. The van der Waals surface area contributed by atoms with E-state index in [4.69, 9.17) is 0 Å². The van der Waals surface area contributed by atoms with E-state index < -0.39 is 10.0 Å². The first-order chi connectivity index (χ1) is 8.62. The summed E-state index contributed by atoms with van der Waals surface area (Å²) >= 11 is 0. The number of nitrogens with one attached hydrogen (secondary N) is 2. The Kier molecular flexibility index (Phi) is 4.08. The van der Waals surface area contributed by atoms with E-state index in [9.17, 15) is 8.42 Å². The van der Waals surface area contributed by atoms with Gasteiger partial charge in [0.2, 0.25) is 10.0 Å². The largest absolute Gasteiger partial charge is 0.367 e. The van der Waals surface area contributed by atoms with Gasteiger partial charge in [-0.2, -0.15) is 0 Å². The van der Waals surface area contributed by atoms with E-state index in [0.29, 0.717) is 5.69 Å². The van der Waals surface area contributed by atoms with E-state index in [-0.39, 0.29) is 5.75 Å². The zero-order chi connectivity index (χ0) is 13.0. The lowest BCUT2D eigenvalue weighted by molar-refractivity contribution is 0.589. The number of piperazine rings is 1. The summed E-state index contributed by atoms with van der Waals surface area (Å²) in [6.07, 6.45) is 0. The molecule has 1 aromatic rings. The van der Waals surface area contributed by atoms with Crippen molar-refractivity contribution in [3.63, 3.8) is 0 Å². The second-order valence-corrected chi connectivity index (χ2v) is 6.27. The van der Waals surface area contributed by atoms with Gasteiger partial charge in [-0.1, -0.05) is 12.1 Å². The monoisotopic (exact) mass is 269 g/mol. The van der Waals surface area contributed by atoms with Crippen LogP contribution in [0.1, 0.15) is 6.92 Å². The summed E-state index contributed by atoms with van der Waals surface area (Å²) in [5, 5.41) is 3.28. The summed E-state index contributed by atoms with van der Waals surface area (Å²) in [6.45, 7) is 5.27. The maximum atomic E-state index is 11.7. The highest BCUT2D eigenvalue weighted by Gasteiger charge is 2.16. The molecule has 2 rings (SSSR count). The van der Waals surface area contributed by atoms with Crippen LogP contribution >= 0.6 is 0 Å². The van der Waals surface area contributed by atoms with Gasteiger partial charge in [0.05, 0.1) is 17.1 Å². The van der Waals surface area contributed by atoms with Crippen LogP contribution in [0, 0.1) is 0 Å².